The maximum atomic E-state index is 6.46. The second-order valence-electron chi connectivity index (χ2n) is 8.43. The Morgan fingerprint density at radius 1 is 1.14 bits per heavy atom. The largest absolute Gasteiger partial charge is 0.370 e. The normalized spacial score (nSPS) is 21.4. The van der Waals surface area contributed by atoms with Gasteiger partial charge in [0.15, 0.2) is 0 Å². The van der Waals surface area contributed by atoms with Crippen LogP contribution in [0.15, 0.2) is 37.2 Å². The van der Waals surface area contributed by atoms with E-state index in [1.165, 1.54) is 33.9 Å². The molecule has 7 heteroatoms. The van der Waals surface area contributed by atoms with E-state index >= 15 is 0 Å². The standard InChI is InChI=1S/C22H25N5OS/c1-2-16(1)27-15-24-12-17(27)14-26-8-4-22(5-9-26)18-11-21(19-13-23-6-7-25-19)29-20(18)3-10-28-22/h6-7,11-13,15-16H,1-5,8-10,14H2. The number of aromatic nitrogens is 4. The average Bonchev–Trinajstić information content (AvgIpc) is 3.33. The Bertz CT molecular complexity index is 1000. The van der Waals surface area contributed by atoms with Gasteiger partial charge in [0.1, 0.15) is 0 Å². The molecule has 0 atom stereocenters. The lowest BCUT2D eigenvalue weighted by atomic mass is 9.82. The molecule has 0 amide bonds. The van der Waals surface area contributed by atoms with Crippen molar-refractivity contribution >= 4 is 11.3 Å². The summed E-state index contributed by atoms with van der Waals surface area (Å²) >= 11 is 1.87. The zero-order valence-corrected chi connectivity index (χ0v) is 17.3. The molecule has 6 nitrogen and oxygen atoms in total. The molecule has 5 heterocycles. The van der Waals surface area contributed by atoms with Crippen molar-refractivity contribution in [3.8, 4) is 10.6 Å². The van der Waals surface area contributed by atoms with Crippen molar-refractivity contribution in [1.82, 2.24) is 24.4 Å². The van der Waals surface area contributed by atoms with Gasteiger partial charge in [0, 0.05) is 55.6 Å². The maximum Gasteiger partial charge on any atom is 0.0984 e. The van der Waals surface area contributed by atoms with Crippen LogP contribution in [0.4, 0.5) is 0 Å². The van der Waals surface area contributed by atoms with Gasteiger partial charge in [0.25, 0.3) is 0 Å². The number of ether oxygens (including phenoxy) is 1. The van der Waals surface area contributed by atoms with Crippen LogP contribution in [0.5, 0.6) is 0 Å². The van der Waals surface area contributed by atoms with Crippen LogP contribution in [0.2, 0.25) is 0 Å². The summed E-state index contributed by atoms with van der Waals surface area (Å²) in [5.41, 5.74) is 3.59. The number of imidazole rings is 1. The lowest BCUT2D eigenvalue weighted by molar-refractivity contribution is -0.0982. The van der Waals surface area contributed by atoms with E-state index in [1.807, 2.05) is 30.1 Å². The number of hydrogen-bond acceptors (Lipinski definition) is 6. The number of hydrogen-bond donors (Lipinski definition) is 0. The highest BCUT2D eigenvalue weighted by Gasteiger charge is 2.42. The lowest BCUT2D eigenvalue weighted by Gasteiger charge is -2.44. The van der Waals surface area contributed by atoms with E-state index in [0.717, 1.165) is 51.2 Å². The van der Waals surface area contributed by atoms with Crippen LogP contribution in [0.3, 0.4) is 0 Å². The molecular weight excluding hydrogens is 382 g/mol. The first-order valence-electron chi connectivity index (χ1n) is 10.6. The van der Waals surface area contributed by atoms with Crippen molar-refractivity contribution in [3.63, 3.8) is 0 Å². The lowest BCUT2D eigenvalue weighted by Crippen LogP contribution is -2.46. The van der Waals surface area contributed by atoms with Gasteiger partial charge in [-0.1, -0.05) is 0 Å². The van der Waals surface area contributed by atoms with E-state index in [1.54, 1.807) is 12.4 Å². The molecule has 0 N–H and O–H groups in total. The molecule has 0 unspecified atom stereocenters. The van der Waals surface area contributed by atoms with Gasteiger partial charge < -0.3 is 9.30 Å². The third kappa shape index (κ3) is 3.21. The van der Waals surface area contributed by atoms with Crippen molar-refractivity contribution in [2.75, 3.05) is 19.7 Å². The molecule has 0 aromatic carbocycles. The SMILES string of the molecule is c1cnc(-c2cc3c(s2)CCOC32CCN(Cc3cncn3C3CC3)CC2)cn1. The molecule has 3 aliphatic rings. The molecule has 150 valence electrons. The molecule has 3 aromatic rings. The van der Waals surface area contributed by atoms with Crippen LogP contribution in [0, 0.1) is 0 Å². The van der Waals surface area contributed by atoms with E-state index in [-0.39, 0.29) is 5.60 Å². The smallest absolute Gasteiger partial charge is 0.0984 e. The summed E-state index contributed by atoms with van der Waals surface area (Å²) in [5.74, 6) is 0. The Morgan fingerprint density at radius 2 is 2.03 bits per heavy atom. The van der Waals surface area contributed by atoms with Crippen molar-refractivity contribution < 1.29 is 4.74 Å². The fourth-order valence-electron chi connectivity index (χ4n) is 4.82. The second kappa shape index (κ2) is 7.00. The monoisotopic (exact) mass is 407 g/mol. The first-order valence-corrected chi connectivity index (χ1v) is 11.4. The quantitative estimate of drug-likeness (QED) is 0.658. The first-order chi connectivity index (χ1) is 14.3. The maximum absolute atomic E-state index is 6.46. The van der Waals surface area contributed by atoms with Gasteiger partial charge >= 0.3 is 0 Å². The second-order valence-corrected chi connectivity index (χ2v) is 9.57. The number of piperidine rings is 1. The van der Waals surface area contributed by atoms with Gasteiger partial charge in [0.2, 0.25) is 0 Å². The van der Waals surface area contributed by atoms with Gasteiger partial charge in [-0.15, -0.1) is 11.3 Å². The minimum Gasteiger partial charge on any atom is -0.370 e. The van der Waals surface area contributed by atoms with Crippen LogP contribution in [-0.2, 0) is 23.3 Å². The van der Waals surface area contributed by atoms with E-state index in [2.05, 4.69) is 30.5 Å². The van der Waals surface area contributed by atoms with Crippen LogP contribution >= 0.6 is 11.3 Å². The Kier molecular flexibility index (Phi) is 4.29. The summed E-state index contributed by atoms with van der Waals surface area (Å²) in [6.45, 7) is 3.94. The van der Waals surface area contributed by atoms with E-state index in [4.69, 9.17) is 4.74 Å². The minimum atomic E-state index is -0.127. The molecule has 3 aromatic heterocycles. The number of thiophene rings is 1. The molecule has 2 fully saturated rings. The van der Waals surface area contributed by atoms with Gasteiger partial charge in [-0.3, -0.25) is 14.9 Å². The number of rotatable bonds is 4. The molecule has 2 aliphatic heterocycles. The predicted molar refractivity (Wildman–Crippen MR) is 112 cm³/mol. The summed E-state index contributed by atoms with van der Waals surface area (Å²) in [6.07, 6.45) is 15.1. The molecule has 1 saturated carbocycles. The Balaban J connectivity index is 1.20. The van der Waals surface area contributed by atoms with Crippen molar-refractivity contribution in [3.05, 3.63) is 53.3 Å². The van der Waals surface area contributed by atoms with Gasteiger partial charge in [-0.2, -0.15) is 0 Å². The summed E-state index contributed by atoms with van der Waals surface area (Å²) in [5, 5.41) is 0. The number of fused-ring (bicyclic) bond motifs is 2. The Labute approximate surface area is 174 Å². The summed E-state index contributed by atoms with van der Waals surface area (Å²) in [6, 6.07) is 3.01. The summed E-state index contributed by atoms with van der Waals surface area (Å²) in [7, 11) is 0. The van der Waals surface area contributed by atoms with Crippen LogP contribution in [0.25, 0.3) is 10.6 Å². The fourth-order valence-corrected chi connectivity index (χ4v) is 6.01. The highest BCUT2D eigenvalue weighted by atomic mass is 32.1. The summed E-state index contributed by atoms with van der Waals surface area (Å²) in [4.78, 5) is 18.4. The summed E-state index contributed by atoms with van der Waals surface area (Å²) < 4.78 is 8.84. The minimum absolute atomic E-state index is 0.127. The van der Waals surface area contributed by atoms with Crippen LogP contribution < -0.4 is 0 Å². The van der Waals surface area contributed by atoms with Gasteiger partial charge in [-0.05, 0) is 37.3 Å². The third-order valence-corrected chi connectivity index (χ3v) is 7.78. The molecule has 29 heavy (non-hydrogen) atoms. The highest BCUT2D eigenvalue weighted by Crippen LogP contribution is 2.46. The number of nitrogens with zero attached hydrogens (tertiary/aromatic N) is 5. The molecule has 0 bridgehead atoms. The van der Waals surface area contributed by atoms with E-state index < -0.39 is 0 Å². The van der Waals surface area contributed by atoms with E-state index in [9.17, 15) is 0 Å². The zero-order chi connectivity index (χ0) is 19.3. The third-order valence-electron chi connectivity index (χ3n) is 6.56. The van der Waals surface area contributed by atoms with Crippen molar-refractivity contribution in [2.24, 2.45) is 0 Å². The molecule has 1 spiro atoms. The topological polar surface area (TPSA) is 56.1 Å². The molecule has 1 aliphatic carbocycles. The fraction of sp³-hybridized carbons (Fsp3) is 0.500. The number of likely N-dealkylation sites (tertiary alicyclic amines) is 1. The molecular formula is C22H25N5OS. The zero-order valence-electron chi connectivity index (χ0n) is 16.5. The van der Waals surface area contributed by atoms with Gasteiger partial charge in [0.05, 0.1) is 41.0 Å². The Morgan fingerprint density at radius 3 is 2.83 bits per heavy atom. The Hall–Kier alpha value is -2.09. The highest BCUT2D eigenvalue weighted by molar-refractivity contribution is 7.15. The molecule has 6 rings (SSSR count). The van der Waals surface area contributed by atoms with Crippen molar-refractivity contribution in [2.45, 2.75) is 50.3 Å². The van der Waals surface area contributed by atoms with E-state index in [0.29, 0.717) is 6.04 Å². The molecule has 0 radical (unpaired) electrons. The first kappa shape index (κ1) is 17.7. The molecule has 1 saturated heterocycles. The average molecular weight is 408 g/mol. The van der Waals surface area contributed by atoms with Crippen LogP contribution in [0.1, 0.15) is 47.9 Å². The van der Waals surface area contributed by atoms with Gasteiger partial charge in [-0.25, -0.2) is 4.98 Å². The van der Waals surface area contributed by atoms with Crippen molar-refractivity contribution in [1.29, 1.82) is 0 Å². The van der Waals surface area contributed by atoms with Crippen LogP contribution in [-0.4, -0.2) is 44.1 Å². The predicted octanol–water partition coefficient (Wildman–Crippen LogP) is 3.80.